The van der Waals surface area contributed by atoms with Gasteiger partial charge in [0, 0.05) is 0 Å². The zero-order valence-corrected chi connectivity index (χ0v) is 6.71. The Kier molecular flexibility index (Phi) is 2.65. The third kappa shape index (κ3) is 2.80. The quantitative estimate of drug-likeness (QED) is 0.474. The van der Waals surface area contributed by atoms with Gasteiger partial charge in [-0.15, -0.1) is 0 Å². The minimum absolute atomic E-state index is 0.0778. The minimum atomic E-state index is -7.41. The van der Waals surface area contributed by atoms with Crippen LogP contribution >= 0.6 is 8.00 Å². The second kappa shape index (κ2) is 2.62. The Hall–Kier alpha value is 0.110. The molecule has 0 saturated carbocycles. The number of rotatable bonds is 3. The van der Waals surface area contributed by atoms with Gasteiger partial charge in [-0.1, -0.05) is 0 Å². The first kappa shape index (κ1) is 10.1. The maximum atomic E-state index is 11.8. The van der Waals surface area contributed by atoms with Crippen molar-refractivity contribution in [2.45, 2.75) is 13.8 Å². The second-order valence-electron chi connectivity index (χ2n) is 1.82. The van der Waals surface area contributed by atoms with Gasteiger partial charge in [0.05, 0.1) is 0 Å². The summed E-state index contributed by atoms with van der Waals surface area (Å²) in [5.74, 6) is 0. The molecule has 0 radical (unpaired) electrons. The van der Waals surface area contributed by atoms with Gasteiger partial charge in [-0.3, -0.25) is 0 Å². The summed E-state index contributed by atoms with van der Waals surface area (Å²) in [6, 6.07) is 0. The van der Waals surface area contributed by atoms with E-state index in [9.17, 15) is 16.8 Å². The average molecular weight is 179 g/mol. The molecule has 0 rings (SSSR count). The monoisotopic (exact) mass is 179 g/mol. The van der Waals surface area contributed by atoms with Crippen molar-refractivity contribution in [3.8, 4) is 0 Å². The van der Waals surface area contributed by atoms with Crippen LogP contribution in [0.25, 0.3) is 0 Å². The molecule has 0 bridgehead atoms. The van der Waals surface area contributed by atoms with E-state index in [0.29, 0.717) is 0 Å². The molecule has 0 aliphatic rings. The van der Waals surface area contributed by atoms with Gasteiger partial charge in [0.2, 0.25) is 0 Å². The van der Waals surface area contributed by atoms with E-state index in [2.05, 4.69) is 0 Å². The molecule has 0 atom stereocenters. The van der Waals surface area contributed by atoms with Crippen LogP contribution in [0.1, 0.15) is 13.8 Å². The molecule has 0 aromatic heterocycles. The molecule has 0 aliphatic heterocycles. The van der Waals surface area contributed by atoms with Crippen molar-refractivity contribution in [2.24, 2.45) is 0 Å². The summed E-state index contributed by atoms with van der Waals surface area (Å²) in [5, 5.41) is 0. The Morgan fingerprint density at radius 3 is 1.30 bits per heavy atom. The molecule has 0 spiro atoms. The first-order valence-electron chi connectivity index (χ1n) is 2.92. The molecule has 0 saturated heterocycles. The van der Waals surface area contributed by atoms with Crippen LogP contribution in [0.3, 0.4) is 0 Å². The van der Waals surface area contributed by atoms with Crippen LogP contribution in [0.5, 0.6) is 0 Å². The maximum absolute atomic E-state index is 11.8. The summed E-state index contributed by atoms with van der Waals surface area (Å²) in [5.41, 5.74) is 0. The fraction of sp³-hybridized carbons (Fsp3) is 1.00. The van der Waals surface area contributed by atoms with Crippen molar-refractivity contribution in [2.75, 3.05) is 13.1 Å². The van der Waals surface area contributed by atoms with E-state index in [4.69, 9.17) is 0 Å². The van der Waals surface area contributed by atoms with Crippen LogP contribution < -0.4 is 0 Å². The van der Waals surface area contributed by atoms with Gasteiger partial charge in [-0.25, -0.2) is 0 Å². The van der Waals surface area contributed by atoms with Crippen LogP contribution in [0, 0.1) is 0 Å². The number of nitrogens with zero attached hydrogens (tertiary/aromatic N) is 1. The zero-order valence-electron chi connectivity index (χ0n) is 5.82. The summed E-state index contributed by atoms with van der Waals surface area (Å²) < 4.78 is 47.1. The van der Waals surface area contributed by atoms with Crippen molar-refractivity contribution in [1.29, 1.82) is 0 Å². The average Bonchev–Trinajstić information content (AvgIpc) is 1.62. The number of hydrogen-bond donors (Lipinski definition) is 0. The van der Waals surface area contributed by atoms with Crippen molar-refractivity contribution in [1.82, 2.24) is 4.67 Å². The molecule has 0 N–H and O–H groups in total. The Morgan fingerprint density at radius 1 is 1.00 bits per heavy atom. The fourth-order valence-electron chi connectivity index (χ4n) is 0.651. The zero-order chi connectivity index (χ0) is 8.44. The predicted octanol–water partition coefficient (Wildman–Crippen LogP) is 3.33. The molecule has 10 heavy (non-hydrogen) atoms. The summed E-state index contributed by atoms with van der Waals surface area (Å²) in [4.78, 5) is 0. The van der Waals surface area contributed by atoms with Crippen molar-refractivity contribution < 1.29 is 16.8 Å². The van der Waals surface area contributed by atoms with Gasteiger partial charge < -0.3 is 0 Å². The molecule has 0 unspecified atom stereocenters. The first-order valence-corrected chi connectivity index (χ1v) is 4.68. The molecule has 64 valence electrons. The molecule has 0 aromatic carbocycles. The van der Waals surface area contributed by atoms with E-state index in [1.165, 1.54) is 13.8 Å². The summed E-state index contributed by atoms with van der Waals surface area (Å²) in [7, 11) is -7.41. The first-order chi connectivity index (χ1) is 4.28. The number of halogens is 4. The molecule has 0 aromatic rings. The predicted molar refractivity (Wildman–Crippen MR) is 34.3 cm³/mol. The Balaban J connectivity index is 4.28. The van der Waals surface area contributed by atoms with Crippen LogP contribution in [0.4, 0.5) is 16.8 Å². The van der Waals surface area contributed by atoms with Gasteiger partial charge in [0.25, 0.3) is 0 Å². The van der Waals surface area contributed by atoms with Gasteiger partial charge in [0.1, 0.15) is 0 Å². The standard InChI is InChI=1S/C4H10F4NP/c1-3-9(4-2)10(5,6,7)8/h3-4H2,1-2H3. The molecule has 0 heterocycles. The van der Waals surface area contributed by atoms with Gasteiger partial charge in [0.15, 0.2) is 0 Å². The van der Waals surface area contributed by atoms with Crippen LogP contribution in [-0.2, 0) is 0 Å². The van der Waals surface area contributed by atoms with E-state index in [1.54, 1.807) is 0 Å². The van der Waals surface area contributed by atoms with Crippen LogP contribution in [0.2, 0.25) is 0 Å². The molecular formula is C4H10F4NP. The van der Waals surface area contributed by atoms with E-state index in [1.807, 2.05) is 0 Å². The molecule has 0 aliphatic carbocycles. The van der Waals surface area contributed by atoms with Crippen molar-refractivity contribution in [3.05, 3.63) is 0 Å². The fourth-order valence-corrected chi connectivity index (χ4v) is 1.51. The molecule has 0 fully saturated rings. The third-order valence-electron chi connectivity index (χ3n) is 1.16. The van der Waals surface area contributed by atoms with E-state index in [0.717, 1.165) is 0 Å². The Morgan fingerprint density at radius 2 is 1.30 bits per heavy atom. The van der Waals surface area contributed by atoms with Gasteiger partial charge in [-0.05, 0) is 0 Å². The molecule has 1 nitrogen and oxygen atoms in total. The topological polar surface area (TPSA) is 3.24 Å². The van der Waals surface area contributed by atoms with Gasteiger partial charge in [-0.2, -0.15) is 0 Å². The van der Waals surface area contributed by atoms with Crippen molar-refractivity contribution in [3.63, 3.8) is 0 Å². The van der Waals surface area contributed by atoms with E-state index < -0.39 is 8.00 Å². The van der Waals surface area contributed by atoms with Crippen LogP contribution in [-0.4, -0.2) is 17.8 Å². The summed E-state index contributed by atoms with van der Waals surface area (Å²) >= 11 is 0. The van der Waals surface area contributed by atoms with E-state index in [-0.39, 0.29) is 17.8 Å². The normalized spacial score (nSPS) is 16.9. The second-order valence-corrected chi connectivity index (χ2v) is 3.76. The van der Waals surface area contributed by atoms with Gasteiger partial charge >= 0.3 is 56.4 Å². The SMILES string of the molecule is CCN(CC)P(F)(F)(F)F. The molecule has 6 heteroatoms. The van der Waals surface area contributed by atoms with E-state index >= 15 is 0 Å². The molecule has 0 amide bonds. The Bertz CT molecular complexity index is 107. The summed E-state index contributed by atoms with van der Waals surface area (Å²) in [6.07, 6.45) is 0. The third-order valence-corrected chi connectivity index (χ3v) is 2.58. The Labute approximate surface area is 57.5 Å². The molecular weight excluding hydrogens is 169 g/mol. The van der Waals surface area contributed by atoms with Crippen LogP contribution in [0.15, 0.2) is 0 Å². The van der Waals surface area contributed by atoms with Crippen molar-refractivity contribution >= 4 is 8.00 Å². The summed E-state index contributed by atoms with van der Waals surface area (Å²) in [6.45, 7) is 1.94. The number of hydrogen-bond acceptors (Lipinski definition) is 1.